The summed E-state index contributed by atoms with van der Waals surface area (Å²) in [5, 5.41) is 0. The van der Waals surface area contributed by atoms with Crippen LogP contribution in [0.3, 0.4) is 0 Å². The molecule has 1 aromatic rings. The first kappa shape index (κ1) is 20.5. The molecule has 144 valence electrons. The summed E-state index contributed by atoms with van der Waals surface area (Å²) in [5.41, 5.74) is 2.39. The number of para-hydroxylation sites is 1. The summed E-state index contributed by atoms with van der Waals surface area (Å²) >= 11 is 0. The third-order valence-electron chi connectivity index (χ3n) is 5.14. The first-order valence-corrected chi connectivity index (χ1v) is 9.98. The number of amides is 1. The highest BCUT2D eigenvalue weighted by molar-refractivity contribution is 5.78. The maximum atomic E-state index is 12.4. The summed E-state index contributed by atoms with van der Waals surface area (Å²) in [6.45, 7) is 15.2. The van der Waals surface area contributed by atoms with Gasteiger partial charge in [0.05, 0.1) is 6.61 Å². The van der Waals surface area contributed by atoms with Crippen LogP contribution in [0.2, 0.25) is 0 Å². The molecule has 1 aliphatic rings. The second-order valence-electron chi connectivity index (χ2n) is 8.56. The van der Waals surface area contributed by atoms with Crippen molar-refractivity contribution in [3.63, 3.8) is 0 Å². The number of piperidine rings is 1. The molecular formula is C23H35NO2. The van der Waals surface area contributed by atoms with E-state index in [4.69, 9.17) is 4.74 Å². The second-order valence-corrected chi connectivity index (χ2v) is 8.56. The van der Waals surface area contributed by atoms with Crippen LogP contribution in [0.1, 0.15) is 65.4 Å². The van der Waals surface area contributed by atoms with E-state index in [1.54, 1.807) is 0 Å². The summed E-state index contributed by atoms with van der Waals surface area (Å²) in [4.78, 5) is 14.4. The normalized spacial score (nSPS) is 15.8. The highest BCUT2D eigenvalue weighted by atomic mass is 16.5. The molecule has 0 N–H and O–H groups in total. The van der Waals surface area contributed by atoms with Gasteiger partial charge in [-0.15, -0.1) is 0 Å². The monoisotopic (exact) mass is 357 g/mol. The number of benzene rings is 1. The van der Waals surface area contributed by atoms with Crippen molar-refractivity contribution in [1.82, 2.24) is 4.90 Å². The van der Waals surface area contributed by atoms with Crippen LogP contribution in [0, 0.1) is 5.92 Å². The second kappa shape index (κ2) is 9.25. The summed E-state index contributed by atoms with van der Waals surface area (Å²) < 4.78 is 6.18. The molecule has 0 aliphatic carbocycles. The summed E-state index contributed by atoms with van der Waals surface area (Å²) in [6.07, 6.45) is 4.55. The van der Waals surface area contributed by atoms with Crippen molar-refractivity contribution in [3.8, 4) is 5.75 Å². The van der Waals surface area contributed by atoms with Gasteiger partial charge in [-0.3, -0.25) is 4.79 Å². The number of carbonyl (C=O) groups excluding carboxylic acids is 1. The maximum absolute atomic E-state index is 12.4. The van der Waals surface area contributed by atoms with Crippen LogP contribution in [-0.4, -0.2) is 30.5 Å². The third-order valence-corrected chi connectivity index (χ3v) is 5.14. The average Bonchev–Trinajstić information content (AvgIpc) is 2.60. The van der Waals surface area contributed by atoms with Gasteiger partial charge >= 0.3 is 0 Å². The molecule has 0 spiro atoms. The molecule has 2 rings (SSSR count). The molecule has 0 saturated carbocycles. The van der Waals surface area contributed by atoms with Crippen molar-refractivity contribution in [2.24, 2.45) is 5.92 Å². The van der Waals surface area contributed by atoms with Gasteiger partial charge in [0.25, 0.3) is 0 Å². The highest BCUT2D eigenvalue weighted by Gasteiger charge is 2.24. The summed E-state index contributed by atoms with van der Waals surface area (Å²) in [6, 6.07) is 8.33. The van der Waals surface area contributed by atoms with Crippen LogP contribution < -0.4 is 4.74 Å². The zero-order valence-electron chi connectivity index (χ0n) is 17.0. The van der Waals surface area contributed by atoms with E-state index >= 15 is 0 Å². The van der Waals surface area contributed by atoms with Gasteiger partial charge in [-0.2, -0.15) is 0 Å². The van der Waals surface area contributed by atoms with Gasteiger partial charge in [-0.1, -0.05) is 64.5 Å². The van der Waals surface area contributed by atoms with Gasteiger partial charge in [0, 0.05) is 19.5 Å². The van der Waals surface area contributed by atoms with E-state index in [9.17, 15) is 4.79 Å². The minimum atomic E-state index is 0.0766. The van der Waals surface area contributed by atoms with Gasteiger partial charge in [-0.25, -0.2) is 0 Å². The number of ether oxygens (including phenoxy) is 1. The molecule has 1 saturated heterocycles. The molecule has 0 unspecified atom stereocenters. The number of hydrogen-bond donors (Lipinski definition) is 0. The Balaban J connectivity index is 1.81. The van der Waals surface area contributed by atoms with Crippen LogP contribution in [0.15, 0.2) is 36.4 Å². The summed E-state index contributed by atoms with van der Waals surface area (Å²) in [5.74, 6) is 1.75. The van der Waals surface area contributed by atoms with Crippen LogP contribution in [-0.2, 0) is 10.2 Å². The van der Waals surface area contributed by atoms with Crippen LogP contribution in [0.25, 0.3) is 0 Å². The fraction of sp³-hybridized carbons (Fsp3) is 0.609. The molecule has 1 aromatic carbocycles. The van der Waals surface area contributed by atoms with E-state index in [2.05, 4.69) is 52.5 Å². The Morgan fingerprint density at radius 1 is 1.23 bits per heavy atom. The molecule has 1 aliphatic heterocycles. The largest absolute Gasteiger partial charge is 0.493 e. The molecule has 0 radical (unpaired) electrons. The van der Waals surface area contributed by atoms with Gasteiger partial charge in [0.1, 0.15) is 5.75 Å². The number of carbonyl (C=O) groups is 1. The smallest absolute Gasteiger partial charge is 0.226 e. The molecule has 1 fully saturated rings. The Labute approximate surface area is 159 Å². The van der Waals surface area contributed by atoms with Crippen molar-refractivity contribution in [1.29, 1.82) is 0 Å². The van der Waals surface area contributed by atoms with Crippen molar-refractivity contribution in [2.45, 2.75) is 65.2 Å². The molecule has 0 bridgehead atoms. The molecular weight excluding hydrogens is 322 g/mol. The number of nitrogens with zero attached hydrogens (tertiary/aromatic N) is 1. The molecule has 3 nitrogen and oxygen atoms in total. The van der Waals surface area contributed by atoms with Crippen molar-refractivity contribution < 1.29 is 9.53 Å². The van der Waals surface area contributed by atoms with E-state index in [1.807, 2.05) is 11.0 Å². The lowest BCUT2D eigenvalue weighted by atomic mass is 9.86. The van der Waals surface area contributed by atoms with Gasteiger partial charge in [0.15, 0.2) is 0 Å². The minimum absolute atomic E-state index is 0.0766. The topological polar surface area (TPSA) is 29.5 Å². The zero-order valence-corrected chi connectivity index (χ0v) is 17.0. The van der Waals surface area contributed by atoms with Gasteiger partial charge < -0.3 is 9.64 Å². The SMILES string of the molecule is C=C(CCC)CC(=O)N1CCC(COc2ccccc2C(C)(C)C)CC1. The Kier molecular flexibility index (Phi) is 7.31. The highest BCUT2D eigenvalue weighted by Crippen LogP contribution is 2.31. The first-order valence-electron chi connectivity index (χ1n) is 9.98. The molecule has 1 heterocycles. The lowest BCUT2D eigenvalue weighted by Gasteiger charge is -2.32. The van der Waals surface area contributed by atoms with Gasteiger partial charge in [0.2, 0.25) is 5.91 Å². The Morgan fingerprint density at radius 3 is 2.50 bits per heavy atom. The number of hydrogen-bond acceptors (Lipinski definition) is 2. The minimum Gasteiger partial charge on any atom is -0.493 e. The van der Waals surface area contributed by atoms with Crippen molar-refractivity contribution in [2.75, 3.05) is 19.7 Å². The van der Waals surface area contributed by atoms with Crippen molar-refractivity contribution in [3.05, 3.63) is 42.0 Å². The number of rotatable bonds is 7. The Hall–Kier alpha value is -1.77. The lowest BCUT2D eigenvalue weighted by molar-refractivity contribution is -0.132. The Bertz CT molecular complexity index is 607. The van der Waals surface area contributed by atoms with Crippen LogP contribution in [0.5, 0.6) is 5.75 Å². The van der Waals surface area contributed by atoms with Crippen LogP contribution in [0.4, 0.5) is 0 Å². The van der Waals surface area contributed by atoms with E-state index in [0.29, 0.717) is 12.3 Å². The predicted molar refractivity (Wildman–Crippen MR) is 109 cm³/mol. The van der Waals surface area contributed by atoms with E-state index in [-0.39, 0.29) is 11.3 Å². The summed E-state index contributed by atoms with van der Waals surface area (Å²) in [7, 11) is 0. The molecule has 26 heavy (non-hydrogen) atoms. The maximum Gasteiger partial charge on any atom is 0.226 e. The zero-order chi connectivity index (χ0) is 19.2. The standard InChI is InChI=1S/C23H35NO2/c1-6-9-18(2)16-22(25)24-14-12-19(13-15-24)17-26-21-11-8-7-10-20(21)23(3,4)5/h7-8,10-11,19H,2,6,9,12-17H2,1,3-5H3. The van der Waals surface area contributed by atoms with Crippen molar-refractivity contribution >= 4 is 5.91 Å². The lowest BCUT2D eigenvalue weighted by Crippen LogP contribution is -2.39. The van der Waals surface area contributed by atoms with Crippen LogP contribution >= 0.6 is 0 Å². The van der Waals surface area contributed by atoms with Gasteiger partial charge in [-0.05, 0) is 42.2 Å². The predicted octanol–water partition coefficient (Wildman–Crippen LogP) is 5.35. The fourth-order valence-corrected chi connectivity index (χ4v) is 3.54. The van der Waals surface area contributed by atoms with E-state index < -0.39 is 0 Å². The molecule has 0 aromatic heterocycles. The first-order chi connectivity index (χ1) is 12.3. The third kappa shape index (κ3) is 5.89. The fourth-order valence-electron chi connectivity index (χ4n) is 3.54. The molecule has 3 heteroatoms. The quantitative estimate of drug-likeness (QED) is 0.616. The average molecular weight is 358 g/mol. The molecule has 1 amide bonds. The Morgan fingerprint density at radius 2 is 1.88 bits per heavy atom. The number of likely N-dealkylation sites (tertiary alicyclic amines) is 1. The molecule has 0 atom stereocenters. The van der Waals surface area contributed by atoms with E-state index in [0.717, 1.165) is 56.7 Å². The van der Waals surface area contributed by atoms with E-state index in [1.165, 1.54) is 5.56 Å².